The first-order chi connectivity index (χ1) is 7.63. The second-order valence-electron chi connectivity index (χ2n) is 3.98. The van der Waals surface area contributed by atoms with Crippen molar-refractivity contribution in [3.05, 3.63) is 36.0 Å². The van der Waals surface area contributed by atoms with E-state index in [-0.39, 0.29) is 0 Å². The summed E-state index contributed by atoms with van der Waals surface area (Å²) in [6.45, 7) is 4.68. The molecule has 1 unspecified atom stereocenters. The monoisotopic (exact) mass is 217 g/mol. The number of fused-ring (bicyclic) bond motifs is 1. The van der Waals surface area contributed by atoms with Crippen LogP contribution >= 0.6 is 0 Å². The van der Waals surface area contributed by atoms with Gasteiger partial charge in [0.25, 0.3) is 0 Å². The molecule has 2 aromatic rings. The van der Waals surface area contributed by atoms with Gasteiger partial charge < -0.3 is 9.67 Å². The fourth-order valence-electron chi connectivity index (χ4n) is 1.89. The Balaban J connectivity index is 2.53. The van der Waals surface area contributed by atoms with Crippen LogP contribution in [0.5, 0.6) is 0 Å². The van der Waals surface area contributed by atoms with E-state index in [0.717, 1.165) is 23.0 Å². The van der Waals surface area contributed by atoms with Gasteiger partial charge in [-0.05, 0) is 36.9 Å². The Morgan fingerprint density at radius 2 is 2.19 bits per heavy atom. The molecule has 2 rings (SSSR count). The molecule has 1 heterocycles. The molecule has 0 aliphatic heterocycles. The molecule has 0 aliphatic rings. The largest absolute Gasteiger partial charge is 0.481 e. The molecule has 0 amide bonds. The van der Waals surface area contributed by atoms with Gasteiger partial charge in [0.15, 0.2) is 0 Å². The number of aliphatic carboxylic acids is 1. The van der Waals surface area contributed by atoms with Gasteiger partial charge >= 0.3 is 5.97 Å². The van der Waals surface area contributed by atoms with Gasteiger partial charge in [0.05, 0.1) is 5.92 Å². The lowest BCUT2D eigenvalue weighted by molar-refractivity contribution is -0.138. The number of hydrogen-bond acceptors (Lipinski definition) is 1. The molecule has 0 fully saturated rings. The van der Waals surface area contributed by atoms with Crippen LogP contribution in [0.3, 0.4) is 0 Å². The second kappa shape index (κ2) is 4.00. The van der Waals surface area contributed by atoms with Crippen LogP contribution in [0.1, 0.15) is 25.3 Å². The molecule has 0 aliphatic carbocycles. The van der Waals surface area contributed by atoms with Crippen LogP contribution in [-0.2, 0) is 11.3 Å². The molecule has 1 aromatic heterocycles. The van der Waals surface area contributed by atoms with Crippen LogP contribution in [0.4, 0.5) is 0 Å². The summed E-state index contributed by atoms with van der Waals surface area (Å²) in [7, 11) is 0. The number of rotatable bonds is 3. The summed E-state index contributed by atoms with van der Waals surface area (Å²) in [5.74, 6) is -1.24. The minimum atomic E-state index is -0.783. The number of benzene rings is 1. The van der Waals surface area contributed by atoms with E-state index in [1.54, 1.807) is 6.92 Å². The van der Waals surface area contributed by atoms with Gasteiger partial charge in [0, 0.05) is 18.3 Å². The molecule has 0 saturated heterocycles. The van der Waals surface area contributed by atoms with Crippen molar-refractivity contribution in [3.63, 3.8) is 0 Å². The standard InChI is InChI=1S/C13H15NO2/c1-3-14-7-6-10-4-5-11(8-12(10)14)9(2)13(15)16/h4-9H,3H2,1-2H3,(H,15,16). The summed E-state index contributed by atoms with van der Waals surface area (Å²) in [4.78, 5) is 10.9. The number of aryl methyl sites for hydroxylation is 1. The topological polar surface area (TPSA) is 42.2 Å². The van der Waals surface area contributed by atoms with Crippen LogP contribution in [-0.4, -0.2) is 15.6 Å². The fraction of sp³-hybridized carbons (Fsp3) is 0.308. The average molecular weight is 217 g/mol. The molecular formula is C13H15NO2. The fourth-order valence-corrected chi connectivity index (χ4v) is 1.89. The summed E-state index contributed by atoms with van der Waals surface area (Å²) < 4.78 is 2.12. The van der Waals surface area contributed by atoms with E-state index >= 15 is 0 Å². The first kappa shape index (κ1) is 10.7. The Hall–Kier alpha value is -1.77. The number of nitrogens with zero attached hydrogens (tertiary/aromatic N) is 1. The molecule has 0 bridgehead atoms. The lowest BCUT2D eigenvalue weighted by atomic mass is 10.0. The minimum Gasteiger partial charge on any atom is -0.481 e. The number of carbonyl (C=O) groups is 1. The molecule has 84 valence electrons. The zero-order valence-corrected chi connectivity index (χ0v) is 9.47. The third-order valence-corrected chi connectivity index (χ3v) is 3.01. The lowest BCUT2D eigenvalue weighted by Crippen LogP contribution is -2.07. The van der Waals surface area contributed by atoms with Crippen LogP contribution in [0, 0.1) is 0 Å². The zero-order valence-electron chi connectivity index (χ0n) is 9.47. The Labute approximate surface area is 94.3 Å². The van der Waals surface area contributed by atoms with Crippen molar-refractivity contribution >= 4 is 16.9 Å². The molecule has 3 nitrogen and oxygen atoms in total. The second-order valence-corrected chi connectivity index (χ2v) is 3.98. The summed E-state index contributed by atoms with van der Waals surface area (Å²) in [6.07, 6.45) is 2.03. The maximum Gasteiger partial charge on any atom is 0.310 e. The van der Waals surface area contributed by atoms with Gasteiger partial charge in [-0.15, -0.1) is 0 Å². The van der Waals surface area contributed by atoms with Gasteiger partial charge in [-0.25, -0.2) is 0 Å². The van der Waals surface area contributed by atoms with Crippen LogP contribution in [0.15, 0.2) is 30.5 Å². The van der Waals surface area contributed by atoms with E-state index < -0.39 is 11.9 Å². The molecule has 1 aromatic carbocycles. The molecule has 1 atom stereocenters. The van der Waals surface area contributed by atoms with Crippen LogP contribution in [0.25, 0.3) is 10.9 Å². The summed E-state index contributed by atoms with van der Waals surface area (Å²) in [5, 5.41) is 10.1. The Kier molecular flexibility index (Phi) is 2.69. The predicted octanol–water partition coefficient (Wildman–Crippen LogP) is 2.85. The van der Waals surface area contributed by atoms with Crippen molar-refractivity contribution in [1.82, 2.24) is 4.57 Å². The summed E-state index contributed by atoms with van der Waals surface area (Å²) in [6, 6.07) is 7.89. The summed E-state index contributed by atoms with van der Waals surface area (Å²) >= 11 is 0. The van der Waals surface area contributed by atoms with Crippen LogP contribution in [0.2, 0.25) is 0 Å². The van der Waals surface area contributed by atoms with Crippen molar-refractivity contribution in [1.29, 1.82) is 0 Å². The molecule has 0 spiro atoms. The number of carboxylic acids is 1. The smallest absolute Gasteiger partial charge is 0.310 e. The third kappa shape index (κ3) is 1.69. The maximum atomic E-state index is 10.9. The van der Waals surface area contributed by atoms with Gasteiger partial charge in [-0.2, -0.15) is 0 Å². The molecule has 0 saturated carbocycles. The maximum absolute atomic E-state index is 10.9. The normalized spacial score (nSPS) is 12.9. The summed E-state index contributed by atoms with van der Waals surface area (Å²) in [5.41, 5.74) is 1.96. The van der Waals surface area contributed by atoms with Gasteiger partial charge in [0.2, 0.25) is 0 Å². The highest BCUT2D eigenvalue weighted by Gasteiger charge is 2.14. The lowest BCUT2D eigenvalue weighted by Gasteiger charge is -2.08. The Bertz CT molecular complexity index is 528. The highest BCUT2D eigenvalue weighted by molar-refractivity contribution is 5.83. The van der Waals surface area contributed by atoms with Gasteiger partial charge in [-0.3, -0.25) is 4.79 Å². The SMILES string of the molecule is CCn1ccc2ccc(C(C)C(=O)O)cc21. The first-order valence-corrected chi connectivity index (χ1v) is 5.45. The van der Waals surface area contributed by atoms with E-state index in [0.29, 0.717) is 0 Å². The van der Waals surface area contributed by atoms with Crippen LogP contribution < -0.4 is 0 Å². The molecular weight excluding hydrogens is 202 g/mol. The van der Waals surface area contributed by atoms with E-state index in [1.165, 1.54) is 0 Å². The van der Waals surface area contributed by atoms with E-state index in [2.05, 4.69) is 11.5 Å². The zero-order chi connectivity index (χ0) is 11.7. The highest BCUT2D eigenvalue weighted by Crippen LogP contribution is 2.22. The first-order valence-electron chi connectivity index (χ1n) is 5.45. The molecule has 3 heteroatoms. The number of carboxylic acid groups (broad SMARTS) is 1. The van der Waals surface area contributed by atoms with Gasteiger partial charge in [-0.1, -0.05) is 12.1 Å². The quantitative estimate of drug-likeness (QED) is 0.859. The van der Waals surface area contributed by atoms with Crippen molar-refractivity contribution < 1.29 is 9.90 Å². The molecule has 16 heavy (non-hydrogen) atoms. The molecule has 0 radical (unpaired) electrons. The Morgan fingerprint density at radius 3 is 2.81 bits per heavy atom. The van der Waals surface area contributed by atoms with Crippen molar-refractivity contribution in [2.45, 2.75) is 26.3 Å². The van der Waals surface area contributed by atoms with E-state index in [1.807, 2.05) is 30.5 Å². The minimum absolute atomic E-state index is 0.454. The highest BCUT2D eigenvalue weighted by atomic mass is 16.4. The van der Waals surface area contributed by atoms with Crippen molar-refractivity contribution in [2.24, 2.45) is 0 Å². The molecule has 1 N–H and O–H groups in total. The van der Waals surface area contributed by atoms with E-state index in [4.69, 9.17) is 5.11 Å². The number of aromatic nitrogens is 1. The predicted molar refractivity (Wildman–Crippen MR) is 63.7 cm³/mol. The number of hydrogen-bond donors (Lipinski definition) is 1. The average Bonchev–Trinajstić information content (AvgIpc) is 2.69. The van der Waals surface area contributed by atoms with Crippen molar-refractivity contribution in [3.8, 4) is 0 Å². The van der Waals surface area contributed by atoms with Gasteiger partial charge in [0.1, 0.15) is 0 Å². The third-order valence-electron chi connectivity index (χ3n) is 3.01. The Morgan fingerprint density at radius 1 is 1.44 bits per heavy atom. The van der Waals surface area contributed by atoms with Crippen molar-refractivity contribution in [2.75, 3.05) is 0 Å². The van der Waals surface area contributed by atoms with E-state index in [9.17, 15) is 4.79 Å².